The molecule has 2 N–H and O–H groups in total. The smallest absolute Gasteiger partial charge is 0.204 e. The number of nitrogens with one attached hydrogen (secondary N) is 2. The summed E-state index contributed by atoms with van der Waals surface area (Å²) in [5.41, 5.74) is 0.975. The molecule has 96 valence electrons. The van der Waals surface area contributed by atoms with Crippen LogP contribution < -0.4 is 5.32 Å². The first-order valence-electron chi connectivity index (χ1n) is 5.03. The fourth-order valence-corrected chi connectivity index (χ4v) is 2.75. The molecule has 0 bridgehead atoms. The zero-order chi connectivity index (χ0) is 13.2. The van der Waals surface area contributed by atoms with Crippen LogP contribution in [0.2, 0.25) is 0 Å². The van der Waals surface area contributed by atoms with Crippen LogP contribution in [-0.4, -0.2) is 24.9 Å². The Kier molecular flexibility index (Phi) is 3.79. The summed E-state index contributed by atoms with van der Waals surface area (Å²) in [5.74, 6) is 0. The van der Waals surface area contributed by atoms with Gasteiger partial charge >= 0.3 is 0 Å². The number of hydrogen-bond acceptors (Lipinski definition) is 6. The Morgan fingerprint density at radius 3 is 2.56 bits per heavy atom. The molecule has 0 saturated carbocycles. The lowest BCUT2D eigenvalue weighted by atomic mass is 10.2. The zero-order valence-electron chi connectivity index (χ0n) is 9.50. The molecule has 0 saturated heterocycles. The van der Waals surface area contributed by atoms with Crippen molar-refractivity contribution in [2.45, 2.75) is 11.4 Å². The van der Waals surface area contributed by atoms with Crippen LogP contribution in [0.5, 0.6) is 0 Å². The van der Waals surface area contributed by atoms with E-state index in [0.717, 1.165) is 5.56 Å². The summed E-state index contributed by atoms with van der Waals surface area (Å²) in [6.07, 6.45) is 1.19. The van der Waals surface area contributed by atoms with Crippen molar-refractivity contribution in [2.75, 3.05) is 11.6 Å². The molecule has 8 heteroatoms. The van der Waals surface area contributed by atoms with Gasteiger partial charge in [-0.1, -0.05) is 23.5 Å². The molecular formula is C10H11N3O2S3. The van der Waals surface area contributed by atoms with E-state index in [1.807, 2.05) is 0 Å². The molecule has 0 aliphatic heterocycles. The lowest BCUT2D eigenvalue weighted by Gasteiger charge is -2.03. The van der Waals surface area contributed by atoms with E-state index < -0.39 is 9.84 Å². The molecule has 2 rings (SSSR count). The predicted molar refractivity (Wildman–Crippen MR) is 74.2 cm³/mol. The summed E-state index contributed by atoms with van der Waals surface area (Å²) >= 11 is 6.27. The average molecular weight is 301 g/mol. The molecule has 0 unspecified atom stereocenters. The van der Waals surface area contributed by atoms with Crippen molar-refractivity contribution < 1.29 is 8.42 Å². The first kappa shape index (κ1) is 13.2. The van der Waals surface area contributed by atoms with Crippen molar-refractivity contribution in [3.8, 4) is 0 Å². The van der Waals surface area contributed by atoms with Crippen LogP contribution in [0.15, 0.2) is 29.2 Å². The van der Waals surface area contributed by atoms with Gasteiger partial charge in [0.2, 0.25) is 5.13 Å². The Labute approximate surface area is 114 Å². The highest BCUT2D eigenvalue weighted by molar-refractivity contribution is 7.90. The number of nitrogens with zero attached hydrogens (tertiary/aromatic N) is 1. The summed E-state index contributed by atoms with van der Waals surface area (Å²) in [7, 11) is -3.13. The third-order valence-electron chi connectivity index (χ3n) is 2.23. The minimum atomic E-state index is -3.13. The number of hydrogen-bond donors (Lipinski definition) is 2. The topological polar surface area (TPSA) is 74.8 Å². The molecule has 2 aromatic rings. The van der Waals surface area contributed by atoms with E-state index in [9.17, 15) is 8.42 Å². The van der Waals surface area contributed by atoms with Gasteiger partial charge in [-0.05, 0) is 29.9 Å². The van der Waals surface area contributed by atoms with E-state index >= 15 is 0 Å². The third kappa shape index (κ3) is 3.37. The molecular weight excluding hydrogens is 290 g/mol. The van der Waals surface area contributed by atoms with Crippen molar-refractivity contribution in [3.63, 3.8) is 0 Å². The zero-order valence-corrected chi connectivity index (χ0v) is 12.0. The molecule has 0 aliphatic rings. The van der Waals surface area contributed by atoms with Crippen LogP contribution in [0.25, 0.3) is 0 Å². The summed E-state index contributed by atoms with van der Waals surface area (Å²) in [4.78, 5) is 0.321. The molecule has 0 fully saturated rings. The standard InChI is InChI=1S/C10H11N3O2S3/c1-18(14,15)8-4-2-7(3-5-8)6-11-9-12-13-10(16)17-9/h2-5H,6H2,1H3,(H,11,12)(H,13,16). The number of aromatic nitrogens is 2. The van der Waals surface area contributed by atoms with Crippen LogP contribution in [0.4, 0.5) is 5.13 Å². The van der Waals surface area contributed by atoms with E-state index in [1.165, 1.54) is 17.6 Å². The minimum Gasteiger partial charge on any atom is -0.356 e. The second-order valence-corrected chi connectivity index (χ2v) is 7.37. The van der Waals surface area contributed by atoms with Crippen LogP contribution in [0, 0.1) is 3.95 Å². The van der Waals surface area contributed by atoms with Crippen molar-refractivity contribution in [3.05, 3.63) is 33.8 Å². The maximum atomic E-state index is 11.3. The largest absolute Gasteiger partial charge is 0.356 e. The van der Waals surface area contributed by atoms with Crippen molar-refractivity contribution in [1.29, 1.82) is 0 Å². The third-order valence-corrected chi connectivity index (χ3v) is 4.41. The van der Waals surface area contributed by atoms with Crippen molar-refractivity contribution in [2.24, 2.45) is 0 Å². The minimum absolute atomic E-state index is 0.321. The molecule has 0 spiro atoms. The van der Waals surface area contributed by atoms with Gasteiger partial charge in [0.15, 0.2) is 13.8 Å². The number of benzene rings is 1. The summed E-state index contributed by atoms with van der Waals surface area (Å²) < 4.78 is 23.2. The fourth-order valence-electron chi connectivity index (χ4n) is 1.34. The second kappa shape index (κ2) is 5.17. The summed E-state index contributed by atoms with van der Waals surface area (Å²) in [6.45, 7) is 0.570. The SMILES string of the molecule is CS(=O)(=O)c1ccc(CNc2n[nH]c(=S)s2)cc1. The van der Waals surface area contributed by atoms with E-state index in [-0.39, 0.29) is 0 Å². The van der Waals surface area contributed by atoms with Gasteiger partial charge in [-0.3, -0.25) is 5.10 Å². The molecule has 0 amide bonds. The van der Waals surface area contributed by atoms with Crippen molar-refractivity contribution in [1.82, 2.24) is 10.2 Å². The lowest BCUT2D eigenvalue weighted by Crippen LogP contribution is -2.01. The monoisotopic (exact) mass is 301 g/mol. The van der Waals surface area contributed by atoms with Crippen LogP contribution in [-0.2, 0) is 16.4 Å². The predicted octanol–water partition coefficient (Wildman–Crippen LogP) is 2.22. The first-order valence-corrected chi connectivity index (χ1v) is 8.15. The molecule has 0 aliphatic carbocycles. The first-order chi connectivity index (χ1) is 8.45. The summed E-state index contributed by atoms with van der Waals surface area (Å²) in [6, 6.07) is 6.74. The Morgan fingerprint density at radius 1 is 1.39 bits per heavy atom. The van der Waals surface area contributed by atoms with Gasteiger partial charge in [-0.2, -0.15) is 0 Å². The maximum Gasteiger partial charge on any atom is 0.204 e. The van der Waals surface area contributed by atoms with Gasteiger partial charge in [-0.25, -0.2) is 8.42 Å². The van der Waals surface area contributed by atoms with Gasteiger partial charge < -0.3 is 5.32 Å². The highest BCUT2D eigenvalue weighted by Crippen LogP contribution is 2.14. The quantitative estimate of drug-likeness (QED) is 0.847. The molecule has 0 radical (unpaired) electrons. The normalized spacial score (nSPS) is 11.4. The Hall–Kier alpha value is -1.25. The van der Waals surface area contributed by atoms with Gasteiger partial charge in [0.1, 0.15) is 0 Å². The second-order valence-electron chi connectivity index (χ2n) is 3.69. The lowest BCUT2D eigenvalue weighted by molar-refractivity contribution is 0.602. The van der Waals surface area contributed by atoms with Gasteiger partial charge in [0.05, 0.1) is 4.90 Å². The number of aromatic amines is 1. The van der Waals surface area contributed by atoms with E-state index in [2.05, 4.69) is 15.5 Å². The van der Waals surface area contributed by atoms with E-state index in [1.54, 1.807) is 24.3 Å². The van der Waals surface area contributed by atoms with Crippen LogP contribution >= 0.6 is 23.6 Å². The highest BCUT2D eigenvalue weighted by atomic mass is 32.2. The molecule has 0 atom stereocenters. The fraction of sp³-hybridized carbons (Fsp3) is 0.200. The van der Waals surface area contributed by atoms with Crippen LogP contribution in [0.1, 0.15) is 5.56 Å². The molecule has 1 heterocycles. The number of anilines is 1. The Morgan fingerprint density at radius 2 is 2.06 bits per heavy atom. The molecule has 18 heavy (non-hydrogen) atoms. The van der Waals surface area contributed by atoms with E-state index in [0.29, 0.717) is 20.5 Å². The average Bonchev–Trinajstić information content (AvgIpc) is 2.72. The maximum absolute atomic E-state index is 11.3. The Balaban J connectivity index is 2.05. The van der Waals surface area contributed by atoms with Crippen LogP contribution in [0.3, 0.4) is 0 Å². The van der Waals surface area contributed by atoms with Gasteiger partial charge in [-0.15, -0.1) is 5.10 Å². The molecule has 1 aromatic carbocycles. The number of sulfone groups is 1. The highest BCUT2D eigenvalue weighted by Gasteiger charge is 2.06. The van der Waals surface area contributed by atoms with Gasteiger partial charge in [0, 0.05) is 12.8 Å². The van der Waals surface area contributed by atoms with E-state index in [4.69, 9.17) is 12.2 Å². The number of rotatable bonds is 4. The molecule has 1 aromatic heterocycles. The Bertz CT molecular complexity index is 686. The molecule has 5 nitrogen and oxygen atoms in total. The summed E-state index contributed by atoms with van der Waals surface area (Å²) in [5, 5.41) is 10.5. The van der Waals surface area contributed by atoms with Crippen molar-refractivity contribution >= 4 is 38.5 Å². The van der Waals surface area contributed by atoms with Gasteiger partial charge in [0.25, 0.3) is 0 Å². The number of H-pyrrole nitrogens is 1.